The molecule has 1 aromatic carbocycles. The van der Waals surface area contributed by atoms with E-state index in [0.717, 1.165) is 12.8 Å². The molecule has 1 aliphatic rings. The normalized spacial score (nSPS) is 17.7. The van der Waals surface area contributed by atoms with Crippen molar-refractivity contribution in [3.63, 3.8) is 0 Å². The van der Waals surface area contributed by atoms with Crippen LogP contribution in [0.3, 0.4) is 0 Å². The van der Waals surface area contributed by atoms with E-state index in [2.05, 4.69) is 5.10 Å². The van der Waals surface area contributed by atoms with Crippen LogP contribution in [0, 0.1) is 5.82 Å². The Labute approximate surface area is 121 Å². The molecule has 5 nitrogen and oxygen atoms in total. The van der Waals surface area contributed by atoms with Crippen LogP contribution in [0.15, 0.2) is 24.3 Å². The maximum atomic E-state index is 14.0. The second-order valence-electron chi connectivity index (χ2n) is 5.11. The van der Waals surface area contributed by atoms with Gasteiger partial charge in [0.05, 0.1) is 6.10 Å². The second-order valence-corrected chi connectivity index (χ2v) is 5.11. The topological polar surface area (TPSA) is 64.4 Å². The maximum Gasteiger partial charge on any atom is 0.343 e. The van der Waals surface area contributed by atoms with E-state index in [1.165, 1.54) is 16.8 Å². The molecule has 0 saturated carbocycles. The zero-order chi connectivity index (χ0) is 15.0. The van der Waals surface area contributed by atoms with Crippen LogP contribution in [0.4, 0.5) is 4.39 Å². The number of benzene rings is 1. The molecular weight excluding hydrogens is 275 g/mol. The van der Waals surface area contributed by atoms with Gasteiger partial charge in [-0.3, -0.25) is 0 Å². The Morgan fingerprint density at radius 2 is 2.24 bits per heavy atom. The minimum atomic E-state index is -1.16. The van der Waals surface area contributed by atoms with Gasteiger partial charge in [0, 0.05) is 12.1 Å². The van der Waals surface area contributed by atoms with Gasteiger partial charge in [-0.15, -0.1) is 0 Å². The Hall–Kier alpha value is -2.37. The monoisotopic (exact) mass is 290 g/mol. The molecule has 2 aromatic rings. The Balaban J connectivity index is 2.21. The maximum absolute atomic E-state index is 14.0. The van der Waals surface area contributed by atoms with Crippen molar-refractivity contribution in [3.05, 3.63) is 35.6 Å². The van der Waals surface area contributed by atoms with Gasteiger partial charge in [-0.05, 0) is 31.9 Å². The lowest BCUT2D eigenvalue weighted by molar-refractivity contribution is 0.0690. The molecule has 6 heteroatoms. The van der Waals surface area contributed by atoms with E-state index in [9.17, 15) is 14.3 Å². The summed E-state index contributed by atoms with van der Waals surface area (Å²) >= 11 is 0. The van der Waals surface area contributed by atoms with Crippen molar-refractivity contribution in [2.45, 2.75) is 32.4 Å². The number of halogens is 1. The van der Waals surface area contributed by atoms with E-state index < -0.39 is 11.8 Å². The van der Waals surface area contributed by atoms with Gasteiger partial charge >= 0.3 is 5.97 Å². The Kier molecular flexibility index (Phi) is 3.37. The zero-order valence-electron chi connectivity index (χ0n) is 11.5. The molecule has 1 atom stereocenters. The predicted octanol–water partition coefficient (Wildman–Crippen LogP) is 2.95. The number of aromatic carboxylic acids is 1. The summed E-state index contributed by atoms with van der Waals surface area (Å²) < 4.78 is 21.2. The summed E-state index contributed by atoms with van der Waals surface area (Å²) in [6, 6.07) is 6.01. The number of nitrogens with zero attached hydrogens (tertiary/aromatic N) is 2. The number of aryl methyl sites for hydroxylation is 1. The van der Waals surface area contributed by atoms with Gasteiger partial charge in [0.25, 0.3) is 0 Å². The molecule has 0 radical (unpaired) electrons. The molecule has 2 heterocycles. The van der Waals surface area contributed by atoms with Crippen LogP contribution in [-0.4, -0.2) is 27.0 Å². The number of ether oxygens (including phenoxy) is 1. The summed E-state index contributed by atoms with van der Waals surface area (Å²) in [4.78, 5) is 11.6. The predicted molar refractivity (Wildman–Crippen MR) is 73.9 cm³/mol. The molecule has 0 amide bonds. The van der Waals surface area contributed by atoms with Crippen molar-refractivity contribution >= 4 is 5.97 Å². The Morgan fingerprint density at radius 3 is 2.95 bits per heavy atom. The highest BCUT2D eigenvalue weighted by atomic mass is 19.1. The third-order valence-corrected chi connectivity index (χ3v) is 3.54. The van der Waals surface area contributed by atoms with Gasteiger partial charge in [0.15, 0.2) is 0 Å². The fraction of sp³-hybridized carbons (Fsp3) is 0.333. The fourth-order valence-electron chi connectivity index (χ4n) is 2.53. The van der Waals surface area contributed by atoms with Crippen molar-refractivity contribution in [2.24, 2.45) is 0 Å². The highest BCUT2D eigenvalue weighted by molar-refractivity contribution is 5.97. The number of carboxylic acids is 1. The number of hydrogen-bond donors (Lipinski definition) is 1. The highest BCUT2D eigenvalue weighted by Gasteiger charge is 2.29. The largest absolute Gasteiger partial charge is 0.477 e. The van der Waals surface area contributed by atoms with E-state index in [1.54, 1.807) is 12.1 Å². The molecule has 1 aliphatic heterocycles. The van der Waals surface area contributed by atoms with Crippen LogP contribution in [0.5, 0.6) is 5.88 Å². The summed E-state index contributed by atoms with van der Waals surface area (Å²) in [6.07, 6.45) is 1.58. The molecule has 1 N–H and O–H groups in total. The standard InChI is InChI=1S/C15H15FN2O3/c1-9-5-4-8-18-14(21-9)12(15(19)20)13(17-18)10-6-2-3-7-11(10)16/h2-3,6-7,9H,4-5,8H2,1H3,(H,19,20). The van der Waals surface area contributed by atoms with Crippen molar-refractivity contribution in [2.75, 3.05) is 0 Å². The third-order valence-electron chi connectivity index (χ3n) is 3.54. The zero-order valence-corrected chi connectivity index (χ0v) is 11.5. The van der Waals surface area contributed by atoms with E-state index >= 15 is 0 Å². The van der Waals surface area contributed by atoms with Gasteiger partial charge in [-0.2, -0.15) is 5.10 Å². The van der Waals surface area contributed by atoms with Gasteiger partial charge in [-0.25, -0.2) is 13.9 Å². The molecular formula is C15H15FN2O3. The number of carboxylic acid groups (broad SMARTS) is 1. The number of carbonyl (C=O) groups is 1. The van der Waals surface area contributed by atoms with Crippen LogP contribution in [0.25, 0.3) is 11.3 Å². The molecule has 21 heavy (non-hydrogen) atoms. The number of hydrogen-bond acceptors (Lipinski definition) is 3. The summed E-state index contributed by atoms with van der Waals surface area (Å²) in [5.74, 6) is -1.45. The number of aromatic nitrogens is 2. The molecule has 0 bridgehead atoms. The molecule has 0 saturated heterocycles. The van der Waals surface area contributed by atoms with Crippen LogP contribution in [-0.2, 0) is 6.54 Å². The minimum Gasteiger partial charge on any atom is -0.477 e. The van der Waals surface area contributed by atoms with Crippen molar-refractivity contribution in [1.82, 2.24) is 9.78 Å². The van der Waals surface area contributed by atoms with Crippen LogP contribution in [0.1, 0.15) is 30.1 Å². The van der Waals surface area contributed by atoms with Gasteiger partial charge in [-0.1, -0.05) is 12.1 Å². The molecule has 110 valence electrons. The molecule has 1 unspecified atom stereocenters. The van der Waals surface area contributed by atoms with Gasteiger partial charge in [0.2, 0.25) is 5.88 Å². The summed E-state index contributed by atoms with van der Waals surface area (Å²) in [5.41, 5.74) is 0.213. The fourth-order valence-corrected chi connectivity index (χ4v) is 2.53. The van der Waals surface area contributed by atoms with E-state index in [0.29, 0.717) is 6.54 Å². The van der Waals surface area contributed by atoms with Gasteiger partial charge in [0.1, 0.15) is 17.1 Å². The summed E-state index contributed by atoms with van der Waals surface area (Å²) in [5, 5.41) is 13.8. The SMILES string of the molecule is CC1CCCn2nc(-c3ccccc3F)c(C(=O)O)c2O1. The van der Waals surface area contributed by atoms with E-state index in [1.807, 2.05) is 6.92 Å². The minimum absolute atomic E-state index is 0.0751. The molecule has 0 aliphatic carbocycles. The molecule has 0 fully saturated rings. The van der Waals surface area contributed by atoms with E-state index in [-0.39, 0.29) is 28.8 Å². The average Bonchev–Trinajstić information content (AvgIpc) is 2.68. The smallest absolute Gasteiger partial charge is 0.343 e. The highest BCUT2D eigenvalue weighted by Crippen LogP contribution is 2.34. The van der Waals surface area contributed by atoms with E-state index in [4.69, 9.17) is 4.74 Å². The first-order chi connectivity index (χ1) is 10.1. The Morgan fingerprint density at radius 1 is 1.48 bits per heavy atom. The number of fused-ring (bicyclic) bond motifs is 1. The molecule has 3 rings (SSSR count). The second kappa shape index (κ2) is 5.20. The summed E-state index contributed by atoms with van der Waals surface area (Å²) in [6.45, 7) is 2.45. The number of rotatable bonds is 2. The average molecular weight is 290 g/mol. The first-order valence-corrected chi connectivity index (χ1v) is 6.83. The van der Waals surface area contributed by atoms with Crippen molar-refractivity contribution < 1.29 is 19.0 Å². The van der Waals surface area contributed by atoms with Gasteiger partial charge < -0.3 is 9.84 Å². The lowest BCUT2D eigenvalue weighted by atomic mass is 10.1. The quantitative estimate of drug-likeness (QED) is 0.923. The first-order valence-electron chi connectivity index (χ1n) is 6.83. The van der Waals surface area contributed by atoms with Crippen LogP contribution in [0.2, 0.25) is 0 Å². The van der Waals surface area contributed by atoms with Crippen molar-refractivity contribution in [3.8, 4) is 17.1 Å². The molecule has 1 aromatic heterocycles. The lowest BCUT2D eigenvalue weighted by Crippen LogP contribution is -2.12. The Bertz CT molecular complexity index is 696. The third kappa shape index (κ3) is 2.37. The van der Waals surface area contributed by atoms with Crippen LogP contribution < -0.4 is 4.74 Å². The molecule has 0 spiro atoms. The lowest BCUT2D eigenvalue weighted by Gasteiger charge is -2.10. The first kappa shape index (κ1) is 13.6. The van der Waals surface area contributed by atoms with Crippen molar-refractivity contribution in [1.29, 1.82) is 0 Å². The summed E-state index contributed by atoms with van der Waals surface area (Å²) in [7, 11) is 0. The van der Waals surface area contributed by atoms with Crippen LogP contribution >= 0.6 is 0 Å².